The van der Waals surface area contributed by atoms with E-state index in [1.54, 1.807) is 0 Å². The highest BCUT2D eigenvalue weighted by atomic mass is 14.3. The molecule has 0 aliphatic carbocycles. The molecule has 16 heavy (non-hydrogen) atoms. The molecule has 0 N–H and O–H groups in total. The summed E-state index contributed by atoms with van der Waals surface area (Å²) in [7, 11) is 0. The first kappa shape index (κ1) is 16.0. The Morgan fingerprint density at radius 3 is 1.75 bits per heavy atom. The third-order valence-electron chi connectivity index (χ3n) is 3.53. The summed E-state index contributed by atoms with van der Waals surface area (Å²) >= 11 is 0. The molecule has 0 heteroatoms. The first-order valence-corrected chi connectivity index (χ1v) is 7.24. The van der Waals surface area contributed by atoms with Gasteiger partial charge in [-0.3, -0.25) is 0 Å². The number of hydrogen-bond donors (Lipinski definition) is 0. The van der Waals surface area contributed by atoms with E-state index in [4.69, 9.17) is 0 Å². The van der Waals surface area contributed by atoms with Crippen LogP contribution in [0.3, 0.4) is 0 Å². The van der Waals surface area contributed by atoms with E-state index in [-0.39, 0.29) is 0 Å². The third-order valence-corrected chi connectivity index (χ3v) is 3.53. The van der Waals surface area contributed by atoms with E-state index in [0.717, 1.165) is 23.7 Å². The molecule has 0 saturated heterocycles. The van der Waals surface area contributed by atoms with Gasteiger partial charge in [0.15, 0.2) is 0 Å². The molecule has 0 bridgehead atoms. The highest BCUT2D eigenvalue weighted by Gasteiger charge is 2.24. The molecule has 0 aliphatic heterocycles. The van der Waals surface area contributed by atoms with Gasteiger partial charge in [-0.1, -0.05) is 61.3 Å². The molecule has 97 valence electrons. The largest absolute Gasteiger partial charge is 0.0651 e. The standard InChI is InChI=1S/C16H33/c1-8-15(11-13(4)5)16(14(6)7)10-9-12(2)3/h12-15H,8-11H2,1-7H3. The maximum atomic E-state index is 2.37. The fraction of sp³-hybridized carbons (Fsp3) is 0.938. The highest BCUT2D eigenvalue weighted by molar-refractivity contribution is 4.99. The zero-order valence-electron chi connectivity index (χ0n) is 12.6. The molecular formula is C16H33. The van der Waals surface area contributed by atoms with Crippen molar-refractivity contribution in [3.63, 3.8) is 0 Å². The number of rotatable bonds is 8. The van der Waals surface area contributed by atoms with Crippen molar-refractivity contribution < 1.29 is 0 Å². The van der Waals surface area contributed by atoms with E-state index in [2.05, 4.69) is 48.5 Å². The summed E-state index contributed by atoms with van der Waals surface area (Å²) in [4.78, 5) is 0. The molecule has 0 aliphatic rings. The highest BCUT2D eigenvalue weighted by Crippen LogP contribution is 2.35. The van der Waals surface area contributed by atoms with E-state index >= 15 is 0 Å². The van der Waals surface area contributed by atoms with Gasteiger partial charge in [0, 0.05) is 0 Å². The lowest BCUT2D eigenvalue weighted by Gasteiger charge is -2.31. The van der Waals surface area contributed by atoms with Gasteiger partial charge in [0.1, 0.15) is 0 Å². The quantitative estimate of drug-likeness (QED) is 0.495. The first-order chi connectivity index (χ1) is 7.38. The lowest BCUT2D eigenvalue weighted by molar-refractivity contribution is 0.339. The molecule has 0 aromatic carbocycles. The fourth-order valence-electron chi connectivity index (χ4n) is 2.57. The number of hydrogen-bond acceptors (Lipinski definition) is 0. The van der Waals surface area contributed by atoms with E-state index in [0.29, 0.717) is 0 Å². The van der Waals surface area contributed by atoms with Crippen LogP contribution >= 0.6 is 0 Å². The van der Waals surface area contributed by atoms with Gasteiger partial charge in [-0.2, -0.15) is 0 Å². The van der Waals surface area contributed by atoms with Crippen LogP contribution in [-0.2, 0) is 0 Å². The minimum absolute atomic E-state index is 0.766. The molecule has 1 atom stereocenters. The van der Waals surface area contributed by atoms with Crippen LogP contribution in [0.15, 0.2) is 0 Å². The van der Waals surface area contributed by atoms with E-state index in [1.807, 2.05) is 5.92 Å². The Balaban J connectivity index is 4.34. The molecule has 1 unspecified atom stereocenters. The summed E-state index contributed by atoms with van der Waals surface area (Å²) in [6, 6.07) is 0. The van der Waals surface area contributed by atoms with Gasteiger partial charge in [0.05, 0.1) is 0 Å². The Hall–Kier alpha value is 0. The molecule has 0 rings (SSSR count). The van der Waals surface area contributed by atoms with Crippen LogP contribution in [0.1, 0.15) is 74.1 Å². The molecule has 1 radical (unpaired) electrons. The van der Waals surface area contributed by atoms with Crippen molar-refractivity contribution in [2.45, 2.75) is 74.1 Å². The summed E-state index contributed by atoms with van der Waals surface area (Å²) in [6.45, 7) is 16.5. The Kier molecular flexibility index (Phi) is 8.14. The van der Waals surface area contributed by atoms with Crippen molar-refractivity contribution in [3.8, 4) is 0 Å². The molecule has 0 nitrogen and oxygen atoms in total. The van der Waals surface area contributed by atoms with Crippen LogP contribution in [0.25, 0.3) is 0 Å². The van der Waals surface area contributed by atoms with Gasteiger partial charge < -0.3 is 0 Å². The minimum Gasteiger partial charge on any atom is -0.0651 e. The molecule has 0 saturated carbocycles. The van der Waals surface area contributed by atoms with Crippen molar-refractivity contribution in [1.29, 1.82) is 0 Å². The Bertz CT molecular complexity index is 155. The van der Waals surface area contributed by atoms with Crippen molar-refractivity contribution in [3.05, 3.63) is 5.92 Å². The molecule has 0 amide bonds. The van der Waals surface area contributed by atoms with Crippen LogP contribution in [-0.4, -0.2) is 0 Å². The molecular weight excluding hydrogens is 192 g/mol. The summed E-state index contributed by atoms with van der Waals surface area (Å²) in [5.41, 5.74) is 0. The lowest BCUT2D eigenvalue weighted by Crippen LogP contribution is -2.20. The van der Waals surface area contributed by atoms with Crippen molar-refractivity contribution in [2.24, 2.45) is 23.7 Å². The van der Waals surface area contributed by atoms with E-state index in [1.165, 1.54) is 25.7 Å². The van der Waals surface area contributed by atoms with Gasteiger partial charge in [0.2, 0.25) is 0 Å². The average molecular weight is 225 g/mol. The monoisotopic (exact) mass is 225 g/mol. The maximum Gasteiger partial charge on any atom is -0.0184 e. The summed E-state index contributed by atoms with van der Waals surface area (Å²) in [5, 5.41) is 0. The second-order valence-corrected chi connectivity index (χ2v) is 6.40. The smallest absolute Gasteiger partial charge is 0.0184 e. The SMILES string of the molecule is CCC(CC(C)C)[C](CCC(C)C)C(C)C. The van der Waals surface area contributed by atoms with Gasteiger partial charge in [-0.15, -0.1) is 0 Å². The second-order valence-electron chi connectivity index (χ2n) is 6.40. The fourth-order valence-corrected chi connectivity index (χ4v) is 2.57. The van der Waals surface area contributed by atoms with Crippen molar-refractivity contribution in [2.75, 3.05) is 0 Å². The lowest BCUT2D eigenvalue weighted by atomic mass is 9.74. The summed E-state index contributed by atoms with van der Waals surface area (Å²) in [6.07, 6.45) is 5.41. The maximum absolute atomic E-state index is 2.37. The van der Waals surface area contributed by atoms with Gasteiger partial charge >= 0.3 is 0 Å². The minimum atomic E-state index is 0.766. The van der Waals surface area contributed by atoms with Crippen molar-refractivity contribution in [1.82, 2.24) is 0 Å². The Morgan fingerprint density at radius 1 is 0.875 bits per heavy atom. The molecule has 0 fully saturated rings. The van der Waals surface area contributed by atoms with Gasteiger partial charge in [-0.05, 0) is 42.4 Å². The zero-order chi connectivity index (χ0) is 12.7. The van der Waals surface area contributed by atoms with Crippen LogP contribution in [0, 0.1) is 29.6 Å². The second kappa shape index (κ2) is 8.14. The molecule has 0 aromatic heterocycles. The van der Waals surface area contributed by atoms with E-state index in [9.17, 15) is 0 Å². The van der Waals surface area contributed by atoms with Crippen LogP contribution in [0.2, 0.25) is 0 Å². The third kappa shape index (κ3) is 6.55. The summed E-state index contributed by atoms with van der Waals surface area (Å²) in [5.74, 6) is 5.12. The van der Waals surface area contributed by atoms with Crippen LogP contribution in [0.4, 0.5) is 0 Å². The predicted octanol–water partition coefficient (Wildman–Crippen LogP) is 5.73. The van der Waals surface area contributed by atoms with Crippen LogP contribution < -0.4 is 0 Å². The first-order valence-electron chi connectivity index (χ1n) is 7.24. The van der Waals surface area contributed by atoms with Crippen molar-refractivity contribution >= 4 is 0 Å². The molecule has 0 spiro atoms. The Morgan fingerprint density at radius 2 is 1.44 bits per heavy atom. The van der Waals surface area contributed by atoms with Gasteiger partial charge in [0.25, 0.3) is 0 Å². The average Bonchev–Trinajstić information content (AvgIpc) is 2.14. The zero-order valence-corrected chi connectivity index (χ0v) is 12.6. The Labute approximate surface area is 104 Å². The summed E-state index contributed by atoms with van der Waals surface area (Å²) < 4.78 is 0. The molecule has 0 aromatic rings. The molecule has 0 heterocycles. The van der Waals surface area contributed by atoms with E-state index < -0.39 is 0 Å². The van der Waals surface area contributed by atoms with Gasteiger partial charge in [-0.25, -0.2) is 0 Å². The topological polar surface area (TPSA) is 0 Å². The van der Waals surface area contributed by atoms with Crippen LogP contribution in [0.5, 0.6) is 0 Å². The predicted molar refractivity (Wildman–Crippen MR) is 75.4 cm³/mol. The normalized spacial score (nSPS) is 14.4.